The molecule has 2 aromatic carbocycles. The number of nitrogens with one attached hydrogen (secondary N) is 1. The van der Waals surface area contributed by atoms with Crippen molar-refractivity contribution >= 4 is 0 Å². The first kappa shape index (κ1) is 15.4. The number of rotatable bonds is 6. The Balaban J connectivity index is 2.10. The van der Waals surface area contributed by atoms with Gasteiger partial charge in [0.15, 0.2) is 0 Å². The minimum Gasteiger partial charge on any atom is -0.508 e. The van der Waals surface area contributed by atoms with Crippen molar-refractivity contribution in [1.29, 1.82) is 0 Å². The highest BCUT2D eigenvalue weighted by Crippen LogP contribution is 2.22. The van der Waals surface area contributed by atoms with Crippen LogP contribution < -0.4 is 10.1 Å². The molecule has 0 bridgehead atoms. The van der Waals surface area contributed by atoms with Gasteiger partial charge in [-0.05, 0) is 30.7 Å². The molecule has 0 aliphatic carbocycles. The van der Waals surface area contributed by atoms with E-state index in [-0.39, 0.29) is 18.4 Å². The zero-order valence-corrected chi connectivity index (χ0v) is 12.3. The van der Waals surface area contributed by atoms with Crippen LogP contribution in [0.1, 0.15) is 22.7 Å². The molecule has 1 unspecified atom stereocenters. The molecule has 0 spiro atoms. The van der Waals surface area contributed by atoms with Crippen molar-refractivity contribution < 1.29 is 14.9 Å². The topological polar surface area (TPSA) is 61.7 Å². The number of phenolic OH excluding ortho intramolecular Hbond substituents is 1. The van der Waals surface area contributed by atoms with E-state index >= 15 is 0 Å². The molecule has 112 valence electrons. The quantitative estimate of drug-likeness (QED) is 0.764. The van der Waals surface area contributed by atoms with E-state index in [1.54, 1.807) is 13.2 Å². The summed E-state index contributed by atoms with van der Waals surface area (Å²) in [6, 6.07) is 12.9. The summed E-state index contributed by atoms with van der Waals surface area (Å²) in [5.41, 5.74) is 2.85. The molecule has 0 aromatic heterocycles. The second kappa shape index (κ2) is 7.11. The molecular formula is C17H21NO3. The van der Waals surface area contributed by atoms with Crippen molar-refractivity contribution in [2.45, 2.75) is 19.5 Å². The van der Waals surface area contributed by atoms with Gasteiger partial charge in [0.25, 0.3) is 0 Å². The van der Waals surface area contributed by atoms with E-state index in [0.717, 1.165) is 22.4 Å². The molecule has 4 nitrogen and oxygen atoms in total. The highest BCUT2D eigenvalue weighted by atomic mass is 16.5. The Morgan fingerprint density at radius 1 is 1.19 bits per heavy atom. The van der Waals surface area contributed by atoms with Crippen molar-refractivity contribution in [3.05, 3.63) is 59.2 Å². The molecule has 0 fully saturated rings. The first-order valence-corrected chi connectivity index (χ1v) is 6.90. The van der Waals surface area contributed by atoms with E-state index in [1.807, 2.05) is 43.3 Å². The van der Waals surface area contributed by atoms with Crippen LogP contribution in [0, 0.1) is 6.92 Å². The monoisotopic (exact) mass is 287 g/mol. The van der Waals surface area contributed by atoms with Gasteiger partial charge in [0.2, 0.25) is 0 Å². The second-order valence-electron chi connectivity index (χ2n) is 5.02. The summed E-state index contributed by atoms with van der Waals surface area (Å²) in [6.45, 7) is 2.43. The zero-order chi connectivity index (χ0) is 15.2. The van der Waals surface area contributed by atoms with Crippen LogP contribution in [0.15, 0.2) is 42.5 Å². The van der Waals surface area contributed by atoms with E-state index in [1.165, 1.54) is 0 Å². The number of aliphatic hydroxyl groups excluding tert-OH is 1. The zero-order valence-electron chi connectivity index (χ0n) is 12.3. The summed E-state index contributed by atoms with van der Waals surface area (Å²) in [5.74, 6) is 1.02. The standard InChI is InChI=1S/C17H21NO3/c1-12-6-7-17(20)14(8-12)10-18-16(11-19)13-4-3-5-15(9-13)21-2/h3-9,16,18-20H,10-11H2,1-2H3. The molecule has 0 amide bonds. The average molecular weight is 287 g/mol. The lowest BCUT2D eigenvalue weighted by molar-refractivity contribution is 0.243. The number of methoxy groups -OCH3 is 1. The van der Waals surface area contributed by atoms with Crippen LogP contribution in [0.3, 0.4) is 0 Å². The summed E-state index contributed by atoms with van der Waals surface area (Å²) >= 11 is 0. The summed E-state index contributed by atoms with van der Waals surface area (Å²) < 4.78 is 5.20. The van der Waals surface area contributed by atoms with Crippen molar-refractivity contribution in [1.82, 2.24) is 5.32 Å². The van der Waals surface area contributed by atoms with Crippen LogP contribution in [0.4, 0.5) is 0 Å². The Labute approximate surface area is 125 Å². The smallest absolute Gasteiger partial charge is 0.120 e. The van der Waals surface area contributed by atoms with Crippen molar-refractivity contribution in [3.63, 3.8) is 0 Å². The fraction of sp³-hybridized carbons (Fsp3) is 0.294. The minimum absolute atomic E-state index is 0.0280. The van der Waals surface area contributed by atoms with Gasteiger partial charge in [-0.2, -0.15) is 0 Å². The Bertz CT molecular complexity index is 598. The van der Waals surface area contributed by atoms with E-state index in [0.29, 0.717) is 6.54 Å². The normalized spacial score (nSPS) is 12.1. The molecule has 21 heavy (non-hydrogen) atoms. The second-order valence-corrected chi connectivity index (χ2v) is 5.02. The maximum Gasteiger partial charge on any atom is 0.120 e. The highest BCUT2D eigenvalue weighted by Gasteiger charge is 2.11. The largest absolute Gasteiger partial charge is 0.508 e. The predicted molar refractivity (Wildman–Crippen MR) is 82.5 cm³/mol. The van der Waals surface area contributed by atoms with Crippen LogP contribution in [0.2, 0.25) is 0 Å². The molecular weight excluding hydrogens is 266 g/mol. The molecule has 0 heterocycles. The molecule has 0 aliphatic rings. The van der Waals surface area contributed by atoms with E-state index in [9.17, 15) is 10.2 Å². The Morgan fingerprint density at radius 3 is 2.71 bits per heavy atom. The summed E-state index contributed by atoms with van der Waals surface area (Å²) in [7, 11) is 1.62. The van der Waals surface area contributed by atoms with Crippen LogP contribution in [0.5, 0.6) is 11.5 Å². The SMILES string of the molecule is COc1cccc(C(CO)NCc2cc(C)ccc2O)c1. The lowest BCUT2D eigenvalue weighted by atomic mass is 10.1. The van der Waals surface area contributed by atoms with Gasteiger partial charge in [0, 0.05) is 12.1 Å². The molecule has 1 atom stereocenters. The molecule has 0 aliphatic heterocycles. The van der Waals surface area contributed by atoms with Crippen LogP contribution in [0.25, 0.3) is 0 Å². The fourth-order valence-electron chi connectivity index (χ4n) is 2.24. The Morgan fingerprint density at radius 2 is 2.00 bits per heavy atom. The van der Waals surface area contributed by atoms with Crippen molar-refractivity contribution in [2.75, 3.05) is 13.7 Å². The predicted octanol–water partition coefficient (Wildman–Crippen LogP) is 2.53. The molecule has 0 saturated heterocycles. The molecule has 0 radical (unpaired) electrons. The lowest BCUT2D eigenvalue weighted by Crippen LogP contribution is -2.24. The van der Waals surface area contributed by atoms with Crippen LogP contribution in [-0.2, 0) is 6.54 Å². The third-order valence-corrected chi connectivity index (χ3v) is 3.45. The molecule has 2 aromatic rings. The summed E-state index contributed by atoms with van der Waals surface area (Å²) in [5, 5.41) is 22.7. The Hall–Kier alpha value is -2.04. The summed E-state index contributed by atoms with van der Waals surface area (Å²) in [6.07, 6.45) is 0. The number of phenols is 1. The number of hydrogen-bond donors (Lipinski definition) is 3. The third kappa shape index (κ3) is 3.97. The summed E-state index contributed by atoms with van der Waals surface area (Å²) in [4.78, 5) is 0. The van der Waals surface area contributed by atoms with E-state index < -0.39 is 0 Å². The van der Waals surface area contributed by atoms with Gasteiger partial charge in [0.05, 0.1) is 19.8 Å². The number of aromatic hydroxyl groups is 1. The van der Waals surface area contributed by atoms with Gasteiger partial charge >= 0.3 is 0 Å². The van der Waals surface area contributed by atoms with Gasteiger partial charge in [-0.15, -0.1) is 0 Å². The third-order valence-electron chi connectivity index (χ3n) is 3.45. The van der Waals surface area contributed by atoms with Gasteiger partial charge in [-0.3, -0.25) is 0 Å². The molecule has 4 heteroatoms. The van der Waals surface area contributed by atoms with Crippen molar-refractivity contribution in [2.24, 2.45) is 0 Å². The van der Waals surface area contributed by atoms with Crippen LogP contribution in [-0.4, -0.2) is 23.9 Å². The first-order valence-electron chi connectivity index (χ1n) is 6.90. The average Bonchev–Trinajstić information content (AvgIpc) is 2.51. The van der Waals surface area contributed by atoms with E-state index in [2.05, 4.69) is 5.32 Å². The Kier molecular flexibility index (Phi) is 5.20. The number of aryl methyl sites for hydroxylation is 1. The lowest BCUT2D eigenvalue weighted by Gasteiger charge is -2.18. The molecule has 3 N–H and O–H groups in total. The minimum atomic E-state index is -0.208. The van der Waals surface area contributed by atoms with E-state index in [4.69, 9.17) is 4.74 Å². The van der Waals surface area contributed by atoms with Gasteiger partial charge in [0.1, 0.15) is 11.5 Å². The first-order chi connectivity index (χ1) is 10.1. The number of hydrogen-bond acceptors (Lipinski definition) is 4. The van der Waals surface area contributed by atoms with Crippen molar-refractivity contribution in [3.8, 4) is 11.5 Å². The van der Waals surface area contributed by atoms with Gasteiger partial charge < -0.3 is 20.3 Å². The number of aliphatic hydroxyl groups is 1. The number of ether oxygens (including phenoxy) is 1. The highest BCUT2D eigenvalue weighted by molar-refractivity contribution is 5.36. The maximum absolute atomic E-state index is 9.85. The fourth-order valence-corrected chi connectivity index (χ4v) is 2.24. The van der Waals surface area contributed by atoms with Gasteiger partial charge in [-0.1, -0.05) is 29.8 Å². The molecule has 0 saturated carbocycles. The van der Waals surface area contributed by atoms with Gasteiger partial charge in [-0.25, -0.2) is 0 Å². The maximum atomic E-state index is 9.85. The molecule has 2 rings (SSSR count). The van der Waals surface area contributed by atoms with Crippen LogP contribution >= 0.6 is 0 Å². The number of benzene rings is 2.